The van der Waals surface area contributed by atoms with E-state index < -0.39 is 18.5 Å². The predicted octanol–water partition coefficient (Wildman–Crippen LogP) is 3.22. The molecule has 6 nitrogen and oxygen atoms in total. The molecule has 0 aliphatic carbocycles. The van der Waals surface area contributed by atoms with Gasteiger partial charge in [0.05, 0.1) is 19.3 Å². The molecule has 0 aromatic heterocycles. The Kier molecular flexibility index (Phi) is 7.29. The minimum absolute atomic E-state index is 0.257. The van der Waals surface area contributed by atoms with Gasteiger partial charge in [0.25, 0.3) is 5.91 Å². The Hall–Kier alpha value is -2.73. The first-order valence-corrected chi connectivity index (χ1v) is 8.41. The molecular weight excluding hydrogens is 358 g/mol. The molecule has 1 N–H and O–H groups in total. The van der Waals surface area contributed by atoms with Crippen LogP contribution in [0.15, 0.2) is 42.5 Å². The molecule has 0 fully saturated rings. The van der Waals surface area contributed by atoms with E-state index in [9.17, 15) is 9.59 Å². The van der Waals surface area contributed by atoms with Crippen molar-refractivity contribution in [1.82, 2.24) is 5.32 Å². The van der Waals surface area contributed by atoms with E-state index in [-0.39, 0.29) is 12.1 Å². The van der Waals surface area contributed by atoms with Crippen molar-refractivity contribution in [2.24, 2.45) is 0 Å². The second kappa shape index (κ2) is 9.68. The van der Waals surface area contributed by atoms with Crippen molar-refractivity contribution in [2.75, 3.05) is 20.3 Å². The predicted molar refractivity (Wildman–Crippen MR) is 97.7 cm³/mol. The van der Waals surface area contributed by atoms with Crippen molar-refractivity contribution in [3.8, 4) is 11.5 Å². The van der Waals surface area contributed by atoms with Crippen LogP contribution in [0.2, 0.25) is 5.02 Å². The Morgan fingerprint density at radius 2 is 1.88 bits per heavy atom. The summed E-state index contributed by atoms with van der Waals surface area (Å²) in [6.45, 7) is 2.19. The highest BCUT2D eigenvalue weighted by Gasteiger charge is 2.14. The van der Waals surface area contributed by atoms with Crippen LogP contribution in [0.5, 0.6) is 11.5 Å². The zero-order chi connectivity index (χ0) is 18.9. The molecule has 138 valence electrons. The molecule has 0 bridgehead atoms. The highest BCUT2D eigenvalue weighted by atomic mass is 35.5. The van der Waals surface area contributed by atoms with Gasteiger partial charge >= 0.3 is 5.97 Å². The van der Waals surface area contributed by atoms with E-state index in [4.69, 9.17) is 25.8 Å². The number of hydrogen-bond donors (Lipinski definition) is 1. The smallest absolute Gasteiger partial charge is 0.338 e. The van der Waals surface area contributed by atoms with Crippen LogP contribution in [0.1, 0.15) is 22.8 Å². The Bertz CT molecular complexity index is 778. The molecule has 2 rings (SSSR count). The van der Waals surface area contributed by atoms with Crippen LogP contribution in [0.3, 0.4) is 0 Å². The second-order valence-corrected chi connectivity index (χ2v) is 5.65. The lowest BCUT2D eigenvalue weighted by atomic mass is 10.2. The fourth-order valence-electron chi connectivity index (χ4n) is 2.17. The third-order valence-corrected chi connectivity index (χ3v) is 3.84. The minimum Gasteiger partial charge on any atom is -0.493 e. The van der Waals surface area contributed by atoms with Crippen LogP contribution in [0.4, 0.5) is 0 Å². The van der Waals surface area contributed by atoms with E-state index in [0.717, 1.165) is 5.56 Å². The Labute approximate surface area is 157 Å². The second-order valence-electron chi connectivity index (χ2n) is 5.24. The molecular formula is C19H20ClNO5. The summed E-state index contributed by atoms with van der Waals surface area (Å²) in [6.07, 6.45) is 0. The van der Waals surface area contributed by atoms with Gasteiger partial charge in [-0.1, -0.05) is 29.8 Å². The van der Waals surface area contributed by atoms with Crippen LogP contribution in [-0.2, 0) is 16.1 Å². The first-order valence-electron chi connectivity index (χ1n) is 8.03. The summed E-state index contributed by atoms with van der Waals surface area (Å²) in [7, 11) is 1.48. The van der Waals surface area contributed by atoms with Crippen LogP contribution in [0, 0.1) is 0 Å². The van der Waals surface area contributed by atoms with Gasteiger partial charge in [0.1, 0.15) is 0 Å². The SMILES string of the molecule is CCOc1ccc(C(=O)OCC(=O)NCc2ccccc2Cl)cc1OC. The molecule has 1 amide bonds. The van der Waals surface area contributed by atoms with E-state index in [1.54, 1.807) is 30.3 Å². The van der Waals surface area contributed by atoms with Crippen molar-refractivity contribution in [3.63, 3.8) is 0 Å². The number of amides is 1. The number of ether oxygens (including phenoxy) is 3. The fourth-order valence-corrected chi connectivity index (χ4v) is 2.37. The summed E-state index contributed by atoms with van der Waals surface area (Å²) in [5, 5.41) is 3.21. The van der Waals surface area contributed by atoms with Gasteiger partial charge in [0.2, 0.25) is 0 Å². The lowest BCUT2D eigenvalue weighted by Crippen LogP contribution is -2.28. The molecule has 0 atom stereocenters. The largest absolute Gasteiger partial charge is 0.493 e. The Balaban J connectivity index is 1.87. The van der Waals surface area contributed by atoms with Crippen molar-refractivity contribution in [3.05, 3.63) is 58.6 Å². The number of methoxy groups -OCH3 is 1. The highest BCUT2D eigenvalue weighted by Crippen LogP contribution is 2.28. The van der Waals surface area contributed by atoms with Gasteiger partial charge in [-0.2, -0.15) is 0 Å². The summed E-state index contributed by atoms with van der Waals surface area (Å²) in [6, 6.07) is 11.9. The number of carbonyl (C=O) groups is 2. The normalized spacial score (nSPS) is 10.1. The van der Waals surface area contributed by atoms with Crippen LogP contribution >= 0.6 is 11.6 Å². The van der Waals surface area contributed by atoms with Crippen molar-refractivity contribution in [2.45, 2.75) is 13.5 Å². The van der Waals surface area contributed by atoms with Crippen LogP contribution in [0.25, 0.3) is 0 Å². The zero-order valence-corrected chi connectivity index (χ0v) is 15.3. The molecule has 0 aliphatic rings. The molecule has 26 heavy (non-hydrogen) atoms. The number of rotatable bonds is 8. The molecule has 0 saturated heterocycles. The van der Waals surface area contributed by atoms with Gasteiger partial charge in [-0.05, 0) is 36.8 Å². The van der Waals surface area contributed by atoms with Crippen molar-refractivity contribution < 1.29 is 23.8 Å². The quantitative estimate of drug-likeness (QED) is 0.715. The fraction of sp³-hybridized carbons (Fsp3) is 0.263. The summed E-state index contributed by atoms with van der Waals surface area (Å²) >= 11 is 6.02. The van der Waals surface area contributed by atoms with Gasteiger partial charge in [0.15, 0.2) is 18.1 Å². The van der Waals surface area contributed by atoms with E-state index in [1.165, 1.54) is 13.2 Å². The molecule has 0 saturated carbocycles. The molecule has 0 unspecified atom stereocenters. The van der Waals surface area contributed by atoms with E-state index >= 15 is 0 Å². The Morgan fingerprint density at radius 3 is 2.58 bits per heavy atom. The van der Waals surface area contributed by atoms with Crippen molar-refractivity contribution >= 4 is 23.5 Å². The standard InChI is InChI=1S/C19H20ClNO5/c1-3-25-16-9-8-13(10-17(16)24-2)19(23)26-12-18(22)21-11-14-6-4-5-7-15(14)20/h4-10H,3,11-12H2,1-2H3,(H,21,22). The van der Waals surface area contributed by atoms with E-state index in [0.29, 0.717) is 23.1 Å². The number of esters is 1. The summed E-state index contributed by atoms with van der Waals surface area (Å²) < 4.78 is 15.6. The maximum absolute atomic E-state index is 12.1. The molecule has 0 heterocycles. The lowest BCUT2D eigenvalue weighted by Gasteiger charge is -2.11. The van der Waals surface area contributed by atoms with Crippen LogP contribution < -0.4 is 14.8 Å². The molecule has 0 spiro atoms. The third-order valence-electron chi connectivity index (χ3n) is 3.47. The highest BCUT2D eigenvalue weighted by molar-refractivity contribution is 6.31. The molecule has 2 aromatic rings. The first-order chi connectivity index (χ1) is 12.5. The maximum atomic E-state index is 12.1. The third kappa shape index (κ3) is 5.39. The first kappa shape index (κ1) is 19.6. The average Bonchev–Trinajstić information content (AvgIpc) is 2.66. The maximum Gasteiger partial charge on any atom is 0.338 e. The topological polar surface area (TPSA) is 73.9 Å². The number of nitrogens with one attached hydrogen (secondary N) is 1. The Morgan fingerprint density at radius 1 is 1.12 bits per heavy atom. The average molecular weight is 378 g/mol. The van der Waals surface area contributed by atoms with Gasteiger partial charge in [-0.25, -0.2) is 4.79 Å². The molecule has 7 heteroatoms. The molecule has 0 aliphatic heterocycles. The number of carbonyl (C=O) groups excluding carboxylic acids is 2. The van der Waals surface area contributed by atoms with Crippen LogP contribution in [-0.4, -0.2) is 32.2 Å². The summed E-state index contributed by atoms with van der Waals surface area (Å²) in [5.41, 5.74) is 1.05. The van der Waals surface area contributed by atoms with Crippen molar-refractivity contribution in [1.29, 1.82) is 0 Å². The van der Waals surface area contributed by atoms with Gasteiger partial charge in [-0.15, -0.1) is 0 Å². The lowest BCUT2D eigenvalue weighted by molar-refractivity contribution is -0.124. The summed E-state index contributed by atoms with van der Waals surface area (Å²) in [5.74, 6) is -0.0936. The monoisotopic (exact) mass is 377 g/mol. The number of halogens is 1. The molecule has 0 radical (unpaired) electrons. The number of benzene rings is 2. The van der Waals surface area contributed by atoms with E-state index in [1.807, 2.05) is 13.0 Å². The van der Waals surface area contributed by atoms with E-state index in [2.05, 4.69) is 5.32 Å². The molecule has 2 aromatic carbocycles. The zero-order valence-electron chi connectivity index (χ0n) is 14.6. The van der Waals surface area contributed by atoms with Gasteiger partial charge < -0.3 is 19.5 Å². The van der Waals surface area contributed by atoms with Gasteiger partial charge in [0, 0.05) is 11.6 Å². The van der Waals surface area contributed by atoms with Gasteiger partial charge in [-0.3, -0.25) is 4.79 Å². The number of hydrogen-bond acceptors (Lipinski definition) is 5. The minimum atomic E-state index is -0.626. The summed E-state index contributed by atoms with van der Waals surface area (Å²) in [4.78, 5) is 23.9.